The zero-order valence-electron chi connectivity index (χ0n) is 13.4. The monoisotopic (exact) mass is 348 g/mol. The Kier molecular flexibility index (Phi) is 3.54. The van der Waals surface area contributed by atoms with Crippen LogP contribution in [0.2, 0.25) is 0 Å². The first-order valence-corrected chi connectivity index (χ1v) is 7.65. The van der Waals surface area contributed by atoms with Crippen molar-refractivity contribution in [2.75, 3.05) is 6.61 Å². The van der Waals surface area contributed by atoms with Crippen molar-refractivity contribution in [2.45, 2.75) is 38.4 Å². The van der Waals surface area contributed by atoms with Gasteiger partial charge in [0.2, 0.25) is 0 Å². The Balaban J connectivity index is 1.93. The van der Waals surface area contributed by atoms with E-state index in [-0.39, 0.29) is 16.9 Å². The number of hydrogen-bond donors (Lipinski definition) is 3. The second-order valence-electron chi connectivity index (χ2n) is 5.96. The van der Waals surface area contributed by atoms with Crippen LogP contribution in [0.25, 0.3) is 16.9 Å². The van der Waals surface area contributed by atoms with Crippen molar-refractivity contribution in [1.82, 2.24) is 29.1 Å². The van der Waals surface area contributed by atoms with E-state index in [1.165, 1.54) is 10.9 Å². The average Bonchev–Trinajstić information content (AvgIpc) is 3.12. The maximum absolute atomic E-state index is 12.6. The van der Waals surface area contributed by atoms with Crippen LogP contribution >= 0.6 is 0 Å². The van der Waals surface area contributed by atoms with Gasteiger partial charge in [-0.05, 0) is 13.8 Å². The summed E-state index contributed by atoms with van der Waals surface area (Å²) in [5.41, 5.74) is 0.912. The van der Waals surface area contributed by atoms with Crippen molar-refractivity contribution >= 4 is 16.9 Å². The van der Waals surface area contributed by atoms with E-state index in [0.29, 0.717) is 11.4 Å². The van der Waals surface area contributed by atoms with Crippen molar-refractivity contribution in [3.63, 3.8) is 0 Å². The molecular weight excluding hydrogens is 332 g/mol. The molecule has 3 N–H and O–H groups in total. The van der Waals surface area contributed by atoms with Crippen LogP contribution in [0, 0.1) is 13.8 Å². The minimum atomic E-state index is -1.30. The Hall–Kier alpha value is -2.47. The molecule has 25 heavy (non-hydrogen) atoms. The molecule has 4 rings (SSSR count). The molecule has 0 amide bonds. The van der Waals surface area contributed by atoms with E-state index in [2.05, 4.69) is 20.1 Å². The van der Waals surface area contributed by atoms with E-state index in [1.807, 2.05) is 0 Å². The normalized spacial score (nSPS) is 26.8. The topological polar surface area (TPSA) is 148 Å². The van der Waals surface area contributed by atoms with Crippen LogP contribution in [0.5, 0.6) is 0 Å². The van der Waals surface area contributed by atoms with E-state index in [0.717, 1.165) is 4.52 Å². The molecule has 0 aliphatic carbocycles. The largest absolute Gasteiger partial charge is 0.394 e. The highest BCUT2D eigenvalue weighted by atomic mass is 16.6. The highest BCUT2D eigenvalue weighted by Crippen LogP contribution is 2.30. The second-order valence-corrected chi connectivity index (χ2v) is 5.96. The molecule has 1 fully saturated rings. The molecule has 4 atom stereocenters. The average molecular weight is 348 g/mol. The zero-order chi connectivity index (χ0) is 17.9. The van der Waals surface area contributed by atoms with E-state index in [4.69, 9.17) is 4.74 Å². The quantitative estimate of drug-likeness (QED) is 0.481. The van der Waals surface area contributed by atoms with Crippen LogP contribution in [0.1, 0.15) is 17.6 Å². The van der Waals surface area contributed by atoms with Gasteiger partial charge in [-0.1, -0.05) is 0 Å². The third-order valence-electron chi connectivity index (χ3n) is 4.39. The first-order chi connectivity index (χ1) is 11.9. The van der Waals surface area contributed by atoms with Gasteiger partial charge in [0.15, 0.2) is 17.4 Å². The van der Waals surface area contributed by atoms with Gasteiger partial charge in [-0.25, -0.2) is 9.97 Å². The van der Waals surface area contributed by atoms with Gasteiger partial charge in [0.05, 0.1) is 24.3 Å². The Morgan fingerprint density at radius 2 is 1.96 bits per heavy atom. The van der Waals surface area contributed by atoms with Crippen molar-refractivity contribution < 1.29 is 20.1 Å². The molecule has 132 valence electrons. The highest BCUT2D eigenvalue weighted by molar-refractivity contribution is 5.71. The molecule has 0 aromatic carbocycles. The molecule has 1 aliphatic heterocycles. The maximum Gasteiger partial charge on any atom is 0.303 e. The Labute approximate surface area is 140 Å². The van der Waals surface area contributed by atoms with Crippen molar-refractivity contribution in [1.29, 1.82) is 0 Å². The lowest BCUT2D eigenvalue weighted by molar-refractivity contribution is -0.0511. The van der Waals surface area contributed by atoms with Crippen LogP contribution in [0.3, 0.4) is 0 Å². The number of fused-ring (bicyclic) bond motifs is 2. The summed E-state index contributed by atoms with van der Waals surface area (Å²) in [6.45, 7) is 3.03. The second kappa shape index (κ2) is 5.52. The van der Waals surface area contributed by atoms with Crippen LogP contribution in [-0.4, -0.2) is 69.4 Å². The maximum atomic E-state index is 12.6. The number of ether oxygens (including phenoxy) is 1. The molecule has 1 aliphatic rings. The van der Waals surface area contributed by atoms with Crippen molar-refractivity contribution in [3.8, 4) is 0 Å². The standard InChI is InChI=1S/C14H16N6O5/c1-5-6(2)18-20-12(24)8-11(17-14(20)16-5)19(4-15-8)13-10(23)9(22)7(3-21)25-13/h4,7,9-10,13,21-23H,3H2,1-2H3/t7-,9-,10-,13-/m1/s1. The SMILES string of the molecule is Cc1nc2nc3c(ncn3[C@@H]3O[C@H](CO)[C@@H](O)[C@H]3O)c(=O)n2nc1C. The van der Waals surface area contributed by atoms with E-state index < -0.39 is 36.7 Å². The first kappa shape index (κ1) is 16.0. The van der Waals surface area contributed by atoms with E-state index in [9.17, 15) is 20.1 Å². The molecule has 11 heteroatoms. The van der Waals surface area contributed by atoms with Gasteiger partial charge in [0.1, 0.15) is 18.3 Å². The summed E-state index contributed by atoms with van der Waals surface area (Å²) in [5, 5.41) is 33.5. The lowest BCUT2D eigenvalue weighted by Crippen LogP contribution is -2.33. The summed E-state index contributed by atoms with van der Waals surface area (Å²) in [6, 6.07) is 0. The highest BCUT2D eigenvalue weighted by Gasteiger charge is 2.44. The van der Waals surface area contributed by atoms with Gasteiger partial charge in [-0.15, -0.1) is 0 Å². The third kappa shape index (κ3) is 2.24. The molecule has 0 unspecified atom stereocenters. The predicted molar refractivity (Wildman–Crippen MR) is 82.8 cm³/mol. The lowest BCUT2D eigenvalue weighted by Gasteiger charge is -2.16. The summed E-state index contributed by atoms with van der Waals surface area (Å²) < 4.78 is 7.88. The number of aliphatic hydroxyl groups excluding tert-OH is 3. The summed E-state index contributed by atoms with van der Waals surface area (Å²) in [4.78, 5) is 25.2. The van der Waals surface area contributed by atoms with Gasteiger partial charge < -0.3 is 20.1 Å². The molecule has 4 heterocycles. The molecule has 3 aromatic heterocycles. The minimum Gasteiger partial charge on any atom is -0.394 e. The fraction of sp³-hybridized carbons (Fsp3) is 0.500. The van der Waals surface area contributed by atoms with Crippen molar-refractivity contribution in [2.24, 2.45) is 0 Å². The summed E-state index contributed by atoms with van der Waals surface area (Å²) >= 11 is 0. The zero-order valence-corrected chi connectivity index (χ0v) is 13.4. The van der Waals surface area contributed by atoms with Crippen LogP contribution in [-0.2, 0) is 4.74 Å². The van der Waals surface area contributed by atoms with Crippen LogP contribution in [0.4, 0.5) is 0 Å². The molecule has 11 nitrogen and oxygen atoms in total. The van der Waals surface area contributed by atoms with Gasteiger partial charge in [-0.2, -0.15) is 14.6 Å². The van der Waals surface area contributed by atoms with Crippen molar-refractivity contribution in [3.05, 3.63) is 28.1 Å². The number of aryl methyl sites for hydroxylation is 2. The molecule has 0 spiro atoms. The number of hydrogen-bond acceptors (Lipinski definition) is 9. The summed E-state index contributed by atoms with van der Waals surface area (Å²) in [6.07, 6.45) is -3.26. The Morgan fingerprint density at radius 1 is 1.20 bits per heavy atom. The fourth-order valence-electron chi connectivity index (χ4n) is 2.86. The van der Waals surface area contributed by atoms with Gasteiger partial charge >= 0.3 is 5.56 Å². The minimum absolute atomic E-state index is 0.0350. The Morgan fingerprint density at radius 3 is 2.64 bits per heavy atom. The fourth-order valence-corrected chi connectivity index (χ4v) is 2.86. The molecular formula is C14H16N6O5. The first-order valence-electron chi connectivity index (χ1n) is 7.65. The summed E-state index contributed by atoms with van der Waals surface area (Å²) in [5.74, 6) is 0.0918. The molecule has 0 saturated carbocycles. The third-order valence-corrected chi connectivity index (χ3v) is 4.39. The molecule has 0 radical (unpaired) electrons. The number of aliphatic hydroxyl groups is 3. The van der Waals surface area contributed by atoms with Gasteiger partial charge in [0, 0.05) is 0 Å². The van der Waals surface area contributed by atoms with Crippen LogP contribution in [0.15, 0.2) is 11.1 Å². The number of aromatic nitrogens is 6. The van der Waals surface area contributed by atoms with E-state index in [1.54, 1.807) is 13.8 Å². The molecule has 1 saturated heterocycles. The molecule has 3 aromatic rings. The number of imidazole rings is 1. The number of nitrogens with zero attached hydrogens (tertiary/aromatic N) is 6. The number of rotatable bonds is 2. The Bertz CT molecular complexity index is 1030. The molecule has 0 bridgehead atoms. The lowest BCUT2D eigenvalue weighted by atomic mass is 10.1. The smallest absolute Gasteiger partial charge is 0.303 e. The van der Waals surface area contributed by atoms with Gasteiger partial charge in [-0.3, -0.25) is 9.36 Å². The predicted octanol–water partition coefficient (Wildman–Crippen LogP) is -1.94. The summed E-state index contributed by atoms with van der Waals surface area (Å²) in [7, 11) is 0. The van der Waals surface area contributed by atoms with Crippen LogP contribution < -0.4 is 5.56 Å². The van der Waals surface area contributed by atoms with E-state index >= 15 is 0 Å². The van der Waals surface area contributed by atoms with Gasteiger partial charge in [0.25, 0.3) is 5.78 Å².